The first-order valence-electron chi connectivity index (χ1n) is 11.0. The van der Waals surface area contributed by atoms with Crippen LogP contribution in [0.25, 0.3) is 6.08 Å². The molecular weight excluding hydrogens is 416 g/mol. The highest BCUT2D eigenvalue weighted by Gasteiger charge is 2.17. The Morgan fingerprint density at radius 2 is 1.82 bits per heavy atom. The summed E-state index contributed by atoms with van der Waals surface area (Å²) in [6.45, 7) is 4.79. The molecule has 1 aliphatic rings. The van der Waals surface area contributed by atoms with Crippen molar-refractivity contribution >= 4 is 17.9 Å². The lowest BCUT2D eigenvalue weighted by Gasteiger charge is -2.26. The predicted octanol–water partition coefficient (Wildman–Crippen LogP) is 1.39. The Kier molecular flexibility index (Phi) is 9.21. The number of benzene rings is 2. The number of nitrogens with zero attached hydrogens (tertiary/aromatic N) is 1. The van der Waals surface area contributed by atoms with Gasteiger partial charge in [-0.3, -0.25) is 14.5 Å². The normalized spacial score (nSPS) is 14.9. The number of amides is 2. The second-order valence-corrected chi connectivity index (χ2v) is 7.80. The molecular formula is C26H30N4O3. The van der Waals surface area contributed by atoms with Gasteiger partial charge in [0.15, 0.2) is 0 Å². The van der Waals surface area contributed by atoms with Crippen LogP contribution >= 0.6 is 0 Å². The van der Waals surface area contributed by atoms with E-state index in [-0.39, 0.29) is 12.5 Å². The summed E-state index contributed by atoms with van der Waals surface area (Å²) in [5.74, 6) is 5.13. The van der Waals surface area contributed by atoms with E-state index in [1.807, 2.05) is 12.2 Å². The molecule has 2 aromatic carbocycles. The quantitative estimate of drug-likeness (QED) is 0.533. The molecule has 1 saturated heterocycles. The van der Waals surface area contributed by atoms with Gasteiger partial charge >= 0.3 is 0 Å². The molecule has 0 spiro atoms. The van der Waals surface area contributed by atoms with Crippen molar-refractivity contribution in [2.45, 2.75) is 12.6 Å². The summed E-state index contributed by atoms with van der Waals surface area (Å²) in [5.41, 5.74) is 8.91. The average Bonchev–Trinajstić information content (AvgIpc) is 2.83. The van der Waals surface area contributed by atoms with Crippen molar-refractivity contribution in [1.29, 1.82) is 0 Å². The number of hydrogen-bond acceptors (Lipinski definition) is 5. The largest absolute Gasteiger partial charge is 0.379 e. The van der Waals surface area contributed by atoms with Crippen LogP contribution in [0.2, 0.25) is 0 Å². The summed E-state index contributed by atoms with van der Waals surface area (Å²) in [4.78, 5) is 26.1. The van der Waals surface area contributed by atoms with Crippen LogP contribution in [-0.2, 0) is 16.1 Å². The molecule has 0 unspecified atom stereocenters. The summed E-state index contributed by atoms with van der Waals surface area (Å²) < 4.78 is 5.39. The molecule has 1 atom stereocenters. The molecule has 7 nitrogen and oxygen atoms in total. The lowest BCUT2D eigenvalue weighted by Crippen LogP contribution is -2.49. The predicted molar refractivity (Wildman–Crippen MR) is 129 cm³/mol. The minimum atomic E-state index is -0.763. The Labute approximate surface area is 195 Å². The fraction of sp³-hybridized carbons (Fsp3) is 0.308. The van der Waals surface area contributed by atoms with Crippen molar-refractivity contribution in [3.8, 4) is 11.8 Å². The summed E-state index contributed by atoms with van der Waals surface area (Å²) in [6, 6.07) is 14.6. The highest BCUT2D eigenvalue weighted by atomic mass is 16.5. The van der Waals surface area contributed by atoms with Crippen LogP contribution in [0.1, 0.15) is 27.0 Å². The number of primary amides is 1. The molecule has 2 aromatic rings. The zero-order valence-corrected chi connectivity index (χ0v) is 18.8. The fourth-order valence-electron chi connectivity index (χ4n) is 3.39. The topological polar surface area (TPSA) is 96.7 Å². The van der Waals surface area contributed by atoms with Crippen LogP contribution in [0.15, 0.2) is 54.6 Å². The number of ether oxygens (including phenoxy) is 1. The SMILES string of the molecule is CNC[C@H](NC(=O)c1ccc(C#C/C=C/c2ccc(CN3CCOCC3)cc2)cc1)C(N)=O. The standard InChI is InChI=1S/C26H30N4O3/c1-28-18-24(25(27)31)29-26(32)23-12-10-21(11-13-23)5-3-2-4-20-6-8-22(9-7-20)19-30-14-16-33-17-15-30/h2,4,6-13,24,28H,14-19H2,1H3,(H2,27,31)(H,29,32)/b4-2+/t24-/m0/s1. The Morgan fingerprint density at radius 1 is 1.12 bits per heavy atom. The summed E-state index contributed by atoms with van der Waals surface area (Å²) in [5, 5.41) is 5.45. The van der Waals surface area contributed by atoms with Gasteiger partial charge in [-0.2, -0.15) is 0 Å². The van der Waals surface area contributed by atoms with Crippen molar-refractivity contribution < 1.29 is 14.3 Å². The third-order valence-electron chi connectivity index (χ3n) is 5.27. The first-order chi connectivity index (χ1) is 16.0. The first-order valence-corrected chi connectivity index (χ1v) is 11.0. The Bertz CT molecular complexity index is 1010. The highest BCUT2D eigenvalue weighted by Crippen LogP contribution is 2.10. The van der Waals surface area contributed by atoms with Crippen LogP contribution in [0, 0.1) is 11.8 Å². The molecule has 3 rings (SSSR count). The molecule has 0 aromatic heterocycles. The molecule has 0 radical (unpaired) electrons. The third-order valence-corrected chi connectivity index (χ3v) is 5.27. The van der Waals surface area contributed by atoms with Gasteiger partial charge in [-0.05, 0) is 54.6 Å². The van der Waals surface area contributed by atoms with Gasteiger partial charge in [0.05, 0.1) is 13.2 Å². The molecule has 2 amide bonds. The molecule has 0 aliphatic carbocycles. The van der Waals surface area contributed by atoms with Gasteiger partial charge in [0, 0.05) is 37.3 Å². The lowest BCUT2D eigenvalue weighted by molar-refractivity contribution is -0.119. The highest BCUT2D eigenvalue weighted by molar-refractivity contribution is 5.97. The first kappa shape index (κ1) is 24.2. The minimum absolute atomic E-state index is 0.271. The van der Waals surface area contributed by atoms with E-state index < -0.39 is 11.9 Å². The van der Waals surface area contributed by atoms with Gasteiger partial charge in [0.1, 0.15) is 6.04 Å². The second kappa shape index (κ2) is 12.6. The van der Waals surface area contributed by atoms with E-state index in [0.717, 1.165) is 44.0 Å². The van der Waals surface area contributed by atoms with Crippen LogP contribution in [-0.4, -0.2) is 62.7 Å². The van der Waals surface area contributed by atoms with Gasteiger partial charge in [-0.25, -0.2) is 0 Å². The van der Waals surface area contributed by atoms with Gasteiger partial charge in [0.25, 0.3) is 5.91 Å². The smallest absolute Gasteiger partial charge is 0.251 e. The number of rotatable bonds is 8. The van der Waals surface area contributed by atoms with Gasteiger partial charge in [-0.15, -0.1) is 0 Å². The maximum Gasteiger partial charge on any atom is 0.251 e. The fourth-order valence-corrected chi connectivity index (χ4v) is 3.39. The van der Waals surface area contributed by atoms with Gasteiger partial charge in [0.2, 0.25) is 5.91 Å². The number of hydrogen-bond donors (Lipinski definition) is 3. The van der Waals surface area contributed by atoms with E-state index in [9.17, 15) is 9.59 Å². The number of morpholine rings is 1. The van der Waals surface area contributed by atoms with E-state index in [2.05, 4.69) is 51.6 Å². The zero-order chi connectivity index (χ0) is 23.5. The maximum absolute atomic E-state index is 12.3. The molecule has 0 bridgehead atoms. The molecule has 7 heteroatoms. The summed E-state index contributed by atoms with van der Waals surface area (Å²) >= 11 is 0. The molecule has 172 valence electrons. The van der Waals surface area contributed by atoms with E-state index in [1.165, 1.54) is 5.56 Å². The van der Waals surface area contributed by atoms with Crippen LogP contribution in [0.3, 0.4) is 0 Å². The second-order valence-electron chi connectivity index (χ2n) is 7.80. The van der Waals surface area contributed by atoms with E-state index in [0.29, 0.717) is 5.56 Å². The van der Waals surface area contributed by atoms with E-state index in [1.54, 1.807) is 31.3 Å². The zero-order valence-electron chi connectivity index (χ0n) is 18.8. The Balaban J connectivity index is 1.51. The molecule has 1 aliphatic heterocycles. The Hall–Kier alpha value is -3.44. The van der Waals surface area contributed by atoms with Crippen molar-refractivity contribution in [3.63, 3.8) is 0 Å². The van der Waals surface area contributed by atoms with Crippen molar-refractivity contribution in [2.75, 3.05) is 39.9 Å². The monoisotopic (exact) mass is 446 g/mol. The lowest BCUT2D eigenvalue weighted by atomic mass is 10.1. The van der Waals surface area contributed by atoms with Crippen molar-refractivity contribution in [3.05, 3.63) is 76.9 Å². The number of likely N-dealkylation sites (N-methyl/N-ethyl adjacent to an activating group) is 1. The summed E-state index contributed by atoms with van der Waals surface area (Å²) in [7, 11) is 1.69. The molecule has 1 fully saturated rings. The van der Waals surface area contributed by atoms with Gasteiger partial charge < -0.3 is 21.1 Å². The molecule has 1 heterocycles. The molecule has 33 heavy (non-hydrogen) atoms. The van der Waals surface area contributed by atoms with Crippen LogP contribution in [0.4, 0.5) is 0 Å². The minimum Gasteiger partial charge on any atom is -0.379 e. The average molecular weight is 447 g/mol. The van der Waals surface area contributed by atoms with Crippen LogP contribution in [0.5, 0.6) is 0 Å². The molecule has 4 N–H and O–H groups in total. The third kappa shape index (κ3) is 7.88. The number of carbonyl (C=O) groups is 2. The molecule has 0 saturated carbocycles. The van der Waals surface area contributed by atoms with Gasteiger partial charge in [-0.1, -0.05) is 36.1 Å². The number of nitrogens with one attached hydrogen (secondary N) is 2. The van der Waals surface area contributed by atoms with E-state index in [4.69, 9.17) is 10.5 Å². The number of nitrogens with two attached hydrogens (primary N) is 1. The maximum atomic E-state index is 12.3. The van der Waals surface area contributed by atoms with E-state index >= 15 is 0 Å². The Morgan fingerprint density at radius 3 is 2.45 bits per heavy atom. The van der Waals surface area contributed by atoms with Crippen LogP contribution < -0.4 is 16.4 Å². The van der Waals surface area contributed by atoms with Crippen molar-refractivity contribution in [2.24, 2.45) is 5.73 Å². The summed E-state index contributed by atoms with van der Waals surface area (Å²) in [6.07, 6.45) is 3.78. The number of allylic oxidation sites excluding steroid dienone is 1. The number of carbonyl (C=O) groups excluding carboxylic acids is 2. The van der Waals surface area contributed by atoms with Crippen molar-refractivity contribution in [1.82, 2.24) is 15.5 Å².